The van der Waals surface area contributed by atoms with Crippen LogP contribution < -0.4 is 14.8 Å². The molecule has 2 atom stereocenters. The fourth-order valence-corrected chi connectivity index (χ4v) is 3.04. The number of para-hydroxylation sites is 1. The highest BCUT2D eigenvalue weighted by Crippen LogP contribution is 2.50. The third-order valence-corrected chi connectivity index (χ3v) is 3.89. The zero-order valence-corrected chi connectivity index (χ0v) is 11.5. The summed E-state index contributed by atoms with van der Waals surface area (Å²) in [5.41, 5.74) is 0.588. The van der Waals surface area contributed by atoms with Crippen molar-refractivity contribution in [3.8, 4) is 11.5 Å². The first-order valence-electron chi connectivity index (χ1n) is 6.83. The summed E-state index contributed by atoms with van der Waals surface area (Å²) in [6.45, 7) is 4.62. The van der Waals surface area contributed by atoms with E-state index in [1.165, 1.54) is 0 Å². The number of ether oxygens (including phenoxy) is 2. The number of nitrogens with zero attached hydrogens (tertiary/aromatic N) is 3. The summed E-state index contributed by atoms with van der Waals surface area (Å²) in [5.74, 6) is 2.34. The second-order valence-electron chi connectivity index (χ2n) is 5.28. The molecular weight excluding hydrogens is 256 g/mol. The number of hydrogen-bond acceptors (Lipinski definition) is 5. The van der Waals surface area contributed by atoms with Gasteiger partial charge in [-0.15, -0.1) is 0 Å². The van der Waals surface area contributed by atoms with Crippen molar-refractivity contribution in [3.63, 3.8) is 0 Å². The molecule has 104 valence electrons. The maximum Gasteiger partial charge on any atom is 0.225 e. The number of nitrogens with one attached hydrogen (secondary N) is 1. The molecule has 1 aromatic carbocycles. The van der Waals surface area contributed by atoms with Crippen LogP contribution in [0.15, 0.2) is 24.5 Å². The van der Waals surface area contributed by atoms with Gasteiger partial charge >= 0.3 is 0 Å². The SMILES string of the molecule is CCOc1cccc2c1OC1(C)CC2Nc2ncnn21. The smallest absolute Gasteiger partial charge is 0.225 e. The Kier molecular flexibility index (Phi) is 2.24. The Bertz CT molecular complexity index is 669. The number of aromatic nitrogens is 3. The van der Waals surface area contributed by atoms with Crippen LogP contribution in [-0.2, 0) is 5.72 Å². The van der Waals surface area contributed by atoms with Gasteiger partial charge in [0.1, 0.15) is 6.33 Å². The van der Waals surface area contributed by atoms with Crippen LogP contribution in [-0.4, -0.2) is 21.4 Å². The minimum atomic E-state index is -0.526. The van der Waals surface area contributed by atoms with Gasteiger partial charge in [0.25, 0.3) is 0 Å². The molecule has 2 aliphatic rings. The summed E-state index contributed by atoms with van der Waals surface area (Å²) in [6.07, 6.45) is 2.36. The van der Waals surface area contributed by atoms with E-state index in [0.717, 1.165) is 29.4 Å². The molecule has 0 saturated carbocycles. The zero-order chi connectivity index (χ0) is 13.7. The topological polar surface area (TPSA) is 61.2 Å². The lowest BCUT2D eigenvalue weighted by molar-refractivity contribution is -0.0368. The minimum absolute atomic E-state index is 0.167. The lowest BCUT2D eigenvalue weighted by atomic mass is 9.92. The second-order valence-corrected chi connectivity index (χ2v) is 5.28. The molecule has 2 aromatic rings. The van der Waals surface area contributed by atoms with E-state index >= 15 is 0 Å². The Labute approximate surface area is 116 Å². The fourth-order valence-electron chi connectivity index (χ4n) is 3.04. The van der Waals surface area contributed by atoms with Crippen LogP contribution >= 0.6 is 0 Å². The Morgan fingerprint density at radius 2 is 2.45 bits per heavy atom. The van der Waals surface area contributed by atoms with Gasteiger partial charge in [0.05, 0.1) is 12.6 Å². The Balaban J connectivity index is 1.86. The van der Waals surface area contributed by atoms with Crippen LogP contribution in [0.3, 0.4) is 0 Å². The van der Waals surface area contributed by atoms with Gasteiger partial charge in [0.15, 0.2) is 11.5 Å². The molecule has 0 radical (unpaired) electrons. The van der Waals surface area contributed by atoms with E-state index in [4.69, 9.17) is 9.47 Å². The molecule has 1 aromatic heterocycles. The molecule has 2 aliphatic heterocycles. The second kappa shape index (κ2) is 3.88. The van der Waals surface area contributed by atoms with Crippen molar-refractivity contribution in [2.24, 2.45) is 0 Å². The van der Waals surface area contributed by atoms with E-state index in [1.807, 2.05) is 26.0 Å². The van der Waals surface area contributed by atoms with Crippen molar-refractivity contribution in [3.05, 3.63) is 30.1 Å². The molecule has 3 heterocycles. The number of benzene rings is 1. The molecule has 0 amide bonds. The lowest BCUT2D eigenvalue weighted by Gasteiger charge is -2.44. The highest BCUT2D eigenvalue weighted by molar-refractivity contribution is 5.53. The average Bonchev–Trinajstić information content (AvgIpc) is 2.89. The molecular formula is C14H16N4O2. The molecule has 0 aliphatic carbocycles. The summed E-state index contributed by atoms with van der Waals surface area (Å²) < 4.78 is 13.7. The fraction of sp³-hybridized carbons (Fsp3) is 0.429. The third-order valence-electron chi connectivity index (χ3n) is 3.89. The number of hydrogen-bond donors (Lipinski definition) is 1. The van der Waals surface area contributed by atoms with Gasteiger partial charge in [0.2, 0.25) is 11.7 Å². The highest BCUT2D eigenvalue weighted by atomic mass is 16.5. The van der Waals surface area contributed by atoms with Crippen LogP contribution in [0.1, 0.15) is 31.9 Å². The third kappa shape index (κ3) is 1.44. The van der Waals surface area contributed by atoms with E-state index in [1.54, 1.807) is 11.0 Å². The number of anilines is 1. The van der Waals surface area contributed by atoms with E-state index in [-0.39, 0.29) is 6.04 Å². The monoisotopic (exact) mass is 272 g/mol. The number of rotatable bonds is 2. The van der Waals surface area contributed by atoms with Gasteiger partial charge in [-0.3, -0.25) is 0 Å². The normalized spacial score (nSPS) is 26.0. The molecule has 0 fully saturated rings. The molecule has 0 saturated heterocycles. The van der Waals surface area contributed by atoms with Crippen molar-refractivity contribution >= 4 is 5.95 Å². The van der Waals surface area contributed by atoms with Crippen molar-refractivity contribution in [2.75, 3.05) is 11.9 Å². The quantitative estimate of drug-likeness (QED) is 0.909. The molecule has 2 bridgehead atoms. The van der Waals surface area contributed by atoms with Crippen molar-refractivity contribution in [1.82, 2.24) is 14.8 Å². The van der Waals surface area contributed by atoms with Crippen molar-refractivity contribution in [1.29, 1.82) is 0 Å². The standard InChI is InChI=1S/C14H16N4O2/c1-3-19-11-6-4-5-9-10-7-14(2,20-12(9)11)18-13(17-10)15-8-16-18/h4-6,8,10H,3,7H2,1-2H3,(H,15,16,17). The lowest BCUT2D eigenvalue weighted by Crippen LogP contribution is -2.47. The van der Waals surface area contributed by atoms with Crippen molar-refractivity contribution in [2.45, 2.75) is 32.0 Å². The van der Waals surface area contributed by atoms with Gasteiger partial charge in [-0.05, 0) is 19.9 Å². The van der Waals surface area contributed by atoms with Gasteiger partial charge < -0.3 is 14.8 Å². The summed E-state index contributed by atoms with van der Waals surface area (Å²) >= 11 is 0. The van der Waals surface area contributed by atoms with Gasteiger partial charge in [-0.2, -0.15) is 14.8 Å². The van der Waals surface area contributed by atoms with E-state index in [0.29, 0.717) is 6.61 Å². The van der Waals surface area contributed by atoms with Gasteiger partial charge in [-0.25, -0.2) is 0 Å². The van der Waals surface area contributed by atoms with Crippen LogP contribution in [0.25, 0.3) is 0 Å². The maximum absolute atomic E-state index is 6.25. The average molecular weight is 272 g/mol. The minimum Gasteiger partial charge on any atom is -0.490 e. The molecule has 6 nitrogen and oxygen atoms in total. The Morgan fingerprint density at radius 3 is 3.30 bits per heavy atom. The highest BCUT2D eigenvalue weighted by Gasteiger charge is 2.46. The first-order chi connectivity index (χ1) is 9.71. The summed E-state index contributed by atoms with van der Waals surface area (Å²) in [6, 6.07) is 6.17. The van der Waals surface area contributed by atoms with E-state index in [2.05, 4.69) is 21.5 Å². The molecule has 6 heteroatoms. The number of fused-ring (bicyclic) bond motifs is 6. The Hall–Kier alpha value is -2.24. The van der Waals surface area contributed by atoms with Crippen molar-refractivity contribution < 1.29 is 9.47 Å². The van der Waals surface area contributed by atoms with Crippen LogP contribution in [0.5, 0.6) is 11.5 Å². The summed E-state index contributed by atoms with van der Waals surface area (Å²) in [7, 11) is 0. The molecule has 20 heavy (non-hydrogen) atoms. The zero-order valence-electron chi connectivity index (χ0n) is 11.5. The van der Waals surface area contributed by atoms with Crippen LogP contribution in [0.2, 0.25) is 0 Å². The summed E-state index contributed by atoms with van der Waals surface area (Å²) in [4.78, 5) is 4.25. The molecule has 2 unspecified atom stereocenters. The first-order valence-corrected chi connectivity index (χ1v) is 6.83. The van der Waals surface area contributed by atoms with Crippen LogP contribution in [0, 0.1) is 0 Å². The largest absolute Gasteiger partial charge is 0.490 e. The predicted molar refractivity (Wildman–Crippen MR) is 72.9 cm³/mol. The summed E-state index contributed by atoms with van der Waals surface area (Å²) in [5, 5.41) is 7.69. The predicted octanol–water partition coefficient (Wildman–Crippen LogP) is 2.30. The molecule has 4 rings (SSSR count). The maximum atomic E-state index is 6.25. The van der Waals surface area contributed by atoms with E-state index < -0.39 is 5.72 Å². The van der Waals surface area contributed by atoms with Gasteiger partial charge in [-0.1, -0.05) is 12.1 Å². The molecule has 0 spiro atoms. The van der Waals surface area contributed by atoms with E-state index in [9.17, 15) is 0 Å². The molecule has 1 N–H and O–H groups in total. The first kappa shape index (κ1) is 11.6. The van der Waals surface area contributed by atoms with Gasteiger partial charge in [0, 0.05) is 12.0 Å². The van der Waals surface area contributed by atoms with Crippen LogP contribution in [0.4, 0.5) is 5.95 Å². The Morgan fingerprint density at radius 1 is 1.55 bits per heavy atom.